The van der Waals surface area contributed by atoms with Crippen molar-refractivity contribution in [1.82, 2.24) is 9.72 Å². The van der Waals surface area contributed by atoms with Crippen LogP contribution in [0.4, 0.5) is 0 Å². The fourth-order valence-corrected chi connectivity index (χ4v) is 1.06. The first kappa shape index (κ1) is 8.52. The van der Waals surface area contributed by atoms with Crippen molar-refractivity contribution in [2.24, 2.45) is 0 Å². The lowest BCUT2D eigenvalue weighted by atomic mass is 10.5. The Balaban J connectivity index is 2.75. The number of aryl methyl sites for hydroxylation is 1. The van der Waals surface area contributed by atoms with Crippen LogP contribution in [-0.2, 0) is 6.54 Å². The number of nitrogens with zero attached hydrogens (tertiary/aromatic N) is 2. The van der Waals surface area contributed by atoms with Crippen LogP contribution in [0.15, 0.2) is 9.32 Å². The van der Waals surface area contributed by atoms with E-state index in [1.165, 1.54) is 4.57 Å². The molecule has 0 atom stereocenters. The summed E-state index contributed by atoms with van der Waals surface area (Å²) in [6, 6.07) is 0. The highest BCUT2D eigenvalue weighted by Gasteiger charge is 2.03. The molecule has 0 aliphatic heterocycles. The van der Waals surface area contributed by atoms with Crippen molar-refractivity contribution < 1.29 is 4.52 Å². The summed E-state index contributed by atoms with van der Waals surface area (Å²) in [5.74, 6) is 0.263. The molecule has 0 radical (unpaired) electrons. The van der Waals surface area contributed by atoms with Crippen molar-refractivity contribution in [1.29, 1.82) is 0 Å². The van der Waals surface area contributed by atoms with Gasteiger partial charge in [-0.3, -0.25) is 9.09 Å². The largest absolute Gasteiger partial charge is 0.441 e. The van der Waals surface area contributed by atoms with E-state index < -0.39 is 0 Å². The predicted molar refractivity (Wildman–Crippen MR) is 43.9 cm³/mol. The maximum absolute atomic E-state index is 10.9. The monoisotopic (exact) mass is 220 g/mol. The third-order valence-electron chi connectivity index (χ3n) is 1.38. The average Bonchev–Trinajstić information content (AvgIpc) is 2.29. The average molecular weight is 221 g/mol. The minimum atomic E-state index is -0.372. The highest BCUT2D eigenvalue weighted by atomic mass is 79.9. The maximum atomic E-state index is 10.9. The molecule has 1 rings (SSSR count). The first-order valence-electron chi connectivity index (χ1n) is 3.35. The molecule has 0 aliphatic rings. The zero-order valence-electron chi connectivity index (χ0n) is 6.21. The fraction of sp³-hybridized carbons (Fsp3) is 0.667. The lowest BCUT2D eigenvalue weighted by molar-refractivity contribution is 0.373. The minimum absolute atomic E-state index is 0.372. The van der Waals surface area contributed by atoms with Gasteiger partial charge in [0.25, 0.3) is 0 Å². The molecule has 0 amide bonds. The topological polar surface area (TPSA) is 48.0 Å². The standard InChI is InChI=1S/C6H9BrN2O2/c1-5-8-11-6(10)9(5)4-2-3-7/h2-4H2,1H3. The first-order chi connectivity index (χ1) is 5.25. The summed E-state index contributed by atoms with van der Waals surface area (Å²) in [5.41, 5.74) is 0. The molecular weight excluding hydrogens is 212 g/mol. The van der Waals surface area contributed by atoms with Gasteiger partial charge in [-0.25, -0.2) is 4.79 Å². The molecule has 0 saturated heterocycles. The molecule has 0 fully saturated rings. The zero-order chi connectivity index (χ0) is 8.27. The summed E-state index contributed by atoms with van der Waals surface area (Å²) in [7, 11) is 0. The van der Waals surface area contributed by atoms with E-state index in [2.05, 4.69) is 25.6 Å². The molecule has 0 unspecified atom stereocenters. The van der Waals surface area contributed by atoms with E-state index in [1.54, 1.807) is 6.92 Å². The Morgan fingerprint density at radius 2 is 2.45 bits per heavy atom. The Morgan fingerprint density at radius 3 is 2.91 bits per heavy atom. The summed E-state index contributed by atoms with van der Waals surface area (Å²) in [5, 5.41) is 4.41. The van der Waals surface area contributed by atoms with Gasteiger partial charge in [-0.1, -0.05) is 21.1 Å². The lowest BCUT2D eigenvalue weighted by Crippen LogP contribution is -2.15. The van der Waals surface area contributed by atoms with Crippen LogP contribution in [0.3, 0.4) is 0 Å². The van der Waals surface area contributed by atoms with Crippen LogP contribution in [-0.4, -0.2) is 15.1 Å². The smallest absolute Gasteiger partial charge is 0.296 e. The highest BCUT2D eigenvalue weighted by molar-refractivity contribution is 9.09. The third-order valence-corrected chi connectivity index (χ3v) is 1.94. The Labute approximate surface area is 72.3 Å². The van der Waals surface area contributed by atoms with Crippen LogP contribution in [0, 0.1) is 6.92 Å². The van der Waals surface area contributed by atoms with Gasteiger partial charge in [-0.15, -0.1) is 0 Å². The van der Waals surface area contributed by atoms with Crippen LogP contribution < -0.4 is 5.76 Å². The number of halogens is 1. The molecule has 0 aliphatic carbocycles. The summed E-state index contributed by atoms with van der Waals surface area (Å²) < 4.78 is 5.95. The van der Waals surface area contributed by atoms with Gasteiger partial charge in [0.05, 0.1) is 0 Å². The van der Waals surface area contributed by atoms with E-state index in [4.69, 9.17) is 0 Å². The fourth-order valence-electron chi connectivity index (χ4n) is 0.807. The Kier molecular flexibility index (Phi) is 2.87. The van der Waals surface area contributed by atoms with E-state index in [0.29, 0.717) is 12.4 Å². The zero-order valence-corrected chi connectivity index (χ0v) is 7.80. The molecule has 1 aromatic rings. The van der Waals surface area contributed by atoms with E-state index in [9.17, 15) is 4.79 Å². The SMILES string of the molecule is Cc1noc(=O)n1CCCBr. The maximum Gasteiger partial charge on any atom is 0.441 e. The van der Waals surface area contributed by atoms with Crippen molar-refractivity contribution in [2.45, 2.75) is 19.9 Å². The summed E-state index contributed by atoms with van der Waals surface area (Å²) in [4.78, 5) is 10.9. The molecule has 0 aromatic carbocycles. The van der Waals surface area contributed by atoms with Crippen LogP contribution in [0.2, 0.25) is 0 Å². The quantitative estimate of drug-likeness (QED) is 0.713. The number of hydrogen-bond acceptors (Lipinski definition) is 3. The molecule has 1 aromatic heterocycles. The van der Waals surface area contributed by atoms with E-state index in [0.717, 1.165) is 11.8 Å². The summed E-state index contributed by atoms with van der Waals surface area (Å²) in [6.45, 7) is 2.42. The minimum Gasteiger partial charge on any atom is -0.296 e. The van der Waals surface area contributed by atoms with Crippen molar-refractivity contribution in [3.63, 3.8) is 0 Å². The number of rotatable bonds is 3. The van der Waals surface area contributed by atoms with Crippen molar-refractivity contribution in [2.75, 3.05) is 5.33 Å². The number of hydrogen-bond donors (Lipinski definition) is 0. The van der Waals surface area contributed by atoms with E-state index in [1.807, 2.05) is 0 Å². The van der Waals surface area contributed by atoms with E-state index >= 15 is 0 Å². The molecule has 0 N–H and O–H groups in total. The van der Waals surface area contributed by atoms with Gasteiger partial charge in [-0.05, 0) is 13.3 Å². The van der Waals surface area contributed by atoms with Gasteiger partial charge in [0.15, 0.2) is 5.82 Å². The van der Waals surface area contributed by atoms with Crippen LogP contribution in [0.5, 0.6) is 0 Å². The molecule has 1 heterocycles. The number of aromatic nitrogens is 2. The van der Waals surface area contributed by atoms with Crippen molar-refractivity contribution in [3.05, 3.63) is 16.4 Å². The van der Waals surface area contributed by atoms with Crippen LogP contribution >= 0.6 is 15.9 Å². The molecule has 0 saturated carbocycles. The second-order valence-electron chi connectivity index (χ2n) is 2.19. The molecule has 62 valence electrons. The van der Waals surface area contributed by atoms with E-state index in [-0.39, 0.29) is 5.76 Å². The van der Waals surface area contributed by atoms with Gasteiger partial charge < -0.3 is 0 Å². The Hall–Kier alpha value is -0.580. The molecule has 0 bridgehead atoms. The predicted octanol–water partition coefficient (Wildman–Crippen LogP) is 0.930. The normalized spacial score (nSPS) is 10.4. The van der Waals surface area contributed by atoms with Crippen LogP contribution in [0.1, 0.15) is 12.2 Å². The molecular formula is C6H9BrN2O2. The Bertz CT molecular complexity index is 278. The first-order valence-corrected chi connectivity index (χ1v) is 4.47. The molecule has 0 spiro atoms. The summed E-state index contributed by atoms with van der Waals surface area (Å²) in [6.07, 6.45) is 0.905. The lowest BCUT2D eigenvalue weighted by Gasteiger charge is -1.96. The molecule has 4 nitrogen and oxygen atoms in total. The molecule has 11 heavy (non-hydrogen) atoms. The van der Waals surface area contributed by atoms with Gasteiger partial charge in [0.2, 0.25) is 0 Å². The number of alkyl halides is 1. The van der Waals surface area contributed by atoms with Crippen molar-refractivity contribution >= 4 is 15.9 Å². The third kappa shape index (κ3) is 1.92. The molecule has 5 heteroatoms. The van der Waals surface area contributed by atoms with Gasteiger partial charge in [0, 0.05) is 11.9 Å². The highest BCUT2D eigenvalue weighted by Crippen LogP contribution is 1.94. The second kappa shape index (κ2) is 3.71. The van der Waals surface area contributed by atoms with Gasteiger partial charge >= 0.3 is 5.76 Å². The van der Waals surface area contributed by atoms with Gasteiger partial charge in [-0.2, -0.15) is 0 Å². The van der Waals surface area contributed by atoms with Crippen LogP contribution in [0.25, 0.3) is 0 Å². The van der Waals surface area contributed by atoms with Crippen molar-refractivity contribution in [3.8, 4) is 0 Å². The Morgan fingerprint density at radius 1 is 1.73 bits per heavy atom. The summed E-state index contributed by atoms with van der Waals surface area (Å²) >= 11 is 3.28. The second-order valence-corrected chi connectivity index (χ2v) is 2.98. The van der Waals surface area contributed by atoms with Gasteiger partial charge in [0.1, 0.15) is 0 Å².